The highest BCUT2D eigenvalue weighted by molar-refractivity contribution is 6.40. The number of likely N-dealkylation sites (tertiary alicyclic amines) is 1. The first-order valence-corrected chi connectivity index (χ1v) is 7.04. The van der Waals surface area contributed by atoms with Crippen molar-refractivity contribution >= 4 is 23.2 Å². The van der Waals surface area contributed by atoms with Crippen LogP contribution < -0.4 is 10.6 Å². The Morgan fingerprint density at radius 2 is 1.74 bits per heavy atom. The first kappa shape index (κ1) is 14.3. The van der Waals surface area contributed by atoms with Crippen LogP contribution in [0.15, 0.2) is 21.7 Å². The molecule has 19 heavy (non-hydrogen) atoms. The van der Waals surface area contributed by atoms with Gasteiger partial charge < -0.3 is 15.5 Å². The summed E-state index contributed by atoms with van der Waals surface area (Å²) in [6.45, 7) is 2.85. The van der Waals surface area contributed by atoms with Crippen LogP contribution in [0.3, 0.4) is 0 Å². The molecule has 0 radical (unpaired) electrons. The van der Waals surface area contributed by atoms with Gasteiger partial charge in [0.1, 0.15) is 5.16 Å². The zero-order valence-corrected chi connectivity index (χ0v) is 11.9. The van der Waals surface area contributed by atoms with Gasteiger partial charge in [-0.1, -0.05) is 23.2 Å². The van der Waals surface area contributed by atoms with Crippen molar-refractivity contribution in [1.29, 1.82) is 0 Å². The molecule has 0 aromatic heterocycles. The van der Waals surface area contributed by atoms with Crippen LogP contribution in [0, 0.1) is 10.1 Å². The average molecular weight is 307 g/mol. The van der Waals surface area contributed by atoms with Crippen LogP contribution in [-0.2, 0) is 0 Å². The predicted octanol–water partition coefficient (Wildman–Crippen LogP) is 1.76. The van der Waals surface area contributed by atoms with Crippen molar-refractivity contribution in [3.63, 3.8) is 0 Å². The molecule has 8 heteroatoms. The van der Waals surface area contributed by atoms with Gasteiger partial charge in [-0.3, -0.25) is 10.1 Å². The zero-order chi connectivity index (χ0) is 13.8. The maximum atomic E-state index is 11.2. The predicted molar refractivity (Wildman–Crippen MR) is 74.2 cm³/mol. The summed E-state index contributed by atoms with van der Waals surface area (Å²) in [6, 6.07) is 0. The van der Waals surface area contributed by atoms with Crippen LogP contribution >= 0.6 is 23.2 Å². The van der Waals surface area contributed by atoms with Crippen molar-refractivity contribution in [3.8, 4) is 0 Å². The molecule has 0 aliphatic carbocycles. The van der Waals surface area contributed by atoms with Crippen LogP contribution in [0.25, 0.3) is 0 Å². The van der Waals surface area contributed by atoms with Crippen molar-refractivity contribution in [2.75, 3.05) is 26.2 Å². The molecule has 0 saturated carbocycles. The van der Waals surface area contributed by atoms with E-state index in [4.69, 9.17) is 23.2 Å². The van der Waals surface area contributed by atoms with E-state index in [1.807, 2.05) is 4.90 Å². The van der Waals surface area contributed by atoms with Crippen LogP contribution in [0.1, 0.15) is 19.3 Å². The lowest BCUT2D eigenvalue weighted by Gasteiger charge is -2.28. The molecular weight excluding hydrogens is 291 g/mol. The Morgan fingerprint density at radius 1 is 1.16 bits per heavy atom. The summed E-state index contributed by atoms with van der Waals surface area (Å²) in [5, 5.41) is 17.3. The van der Waals surface area contributed by atoms with E-state index >= 15 is 0 Å². The topological polar surface area (TPSA) is 70.4 Å². The molecule has 6 nitrogen and oxygen atoms in total. The van der Waals surface area contributed by atoms with E-state index in [0.29, 0.717) is 18.9 Å². The van der Waals surface area contributed by atoms with E-state index in [1.165, 1.54) is 0 Å². The van der Waals surface area contributed by atoms with Gasteiger partial charge in [0, 0.05) is 26.2 Å². The van der Waals surface area contributed by atoms with Gasteiger partial charge in [-0.2, -0.15) is 0 Å². The van der Waals surface area contributed by atoms with Gasteiger partial charge in [-0.05, 0) is 19.3 Å². The second kappa shape index (κ2) is 6.34. The Labute approximate surface area is 121 Å². The summed E-state index contributed by atoms with van der Waals surface area (Å²) in [5.74, 6) is 0.338. The number of rotatable bonds is 3. The van der Waals surface area contributed by atoms with Crippen molar-refractivity contribution in [3.05, 3.63) is 31.8 Å². The van der Waals surface area contributed by atoms with Gasteiger partial charge in [-0.25, -0.2) is 0 Å². The molecule has 0 aromatic rings. The Morgan fingerprint density at radius 3 is 2.26 bits per heavy atom. The molecule has 0 atom stereocenters. The first-order valence-electron chi connectivity index (χ1n) is 6.28. The lowest BCUT2D eigenvalue weighted by Crippen LogP contribution is -2.28. The Hall–Kier alpha value is -1.14. The Kier molecular flexibility index (Phi) is 4.76. The highest BCUT2D eigenvalue weighted by Crippen LogP contribution is 2.29. The van der Waals surface area contributed by atoms with Crippen molar-refractivity contribution in [1.82, 2.24) is 15.5 Å². The van der Waals surface area contributed by atoms with Gasteiger partial charge in [0.15, 0.2) is 10.9 Å². The summed E-state index contributed by atoms with van der Waals surface area (Å²) in [5.41, 5.74) is -0.185. The number of allylic oxidation sites excluding steroid dienone is 1. The molecule has 2 fully saturated rings. The minimum Gasteiger partial charge on any atom is -0.364 e. The quantitative estimate of drug-likeness (QED) is 0.472. The number of piperidine rings is 1. The van der Waals surface area contributed by atoms with E-state index in [1.54, 1.807) is 0 Å². The first-order chi connectivity index (χ1) is 9.11. The summed E-state index contributed by atoms with van der Waals surface area (Å²) in [7, 11) is 0. The van der Waals surface area contributed by atoms with Gasteiger partial charge in [0.25, 0.3) is 0 Å². The van der Waals surface area contributed by atoms with Crippen LogP contribution in [0.4, 0.5) is 0 Å². The molecule has 2 aliphatic rings. The second-order valence-corrected chi connectivity index (χ2v) is 5.22. The van der Waals surface area contributed by atoms with E-state index in [-0.39, 0.29) is 15.9 Å². The van der Waals surface area contributed by atoms with Crippen LogP contribution in [-0.4, -0.2) is 36.0 Å². The number of nitrogens with zero attached hydrogens (tertiary/aromatic N) is 2. The molecule has 106 valence electrons. The smallest absolute Gasteiger partial charge is 0.330 e. The highest BCUT2D eigenvalue weighted by Gasteiger charge is 2.29. The third kappa shape index (κ3) is 3.25. The maximum Gasteiger partial charge on any atom is 0.330 e. The number of halogens is 2. The summed E-state index contributed by atoms with van der Waals surface area (Å²) in [6.07, 6.45) is 3.22. The third-order valence-electron chi connectivity index (χ3n) is 3.17. The molecule has 0 amide bonds. The number of hydrogen-bond donors (Lipinski definition) is 2. The molecule has 2 saturated heterocycles. The standard InChI is InChI=1S/C11H16Cl2N4O2/c12-8(10(13)16-6-2-1-3-7-16)9(17(18)19)11-14-4-5-15-11/h14-15H,1-7H2/b10-8+. The summed E-state index contributed by atoms with van der Waals surface area (Å²) >= 11 is 12.3. The van der Waals surface area contributed by atoms with Crippen molar-refractivity contribution < 1.29 is 4.92 Å². The minimum absolute atomic E-state index is 0.00883. The number of nitro groups is 1. The van der Waals surface area contributed by atoms with Gasteiger partial charge in [0.2, 0.25) is 0 Å². The SMILES string of the molecule is O=[N+]([O-])C(=C1NCCN1)/C(Cl)=C(/Cl)N1CCCCC1. The number of hydrogen-bond acceptors (Lipinski definition) is 5. The average Bonchev–Trinajstić information content (AvgIpc) is 2.92. The Bertz CT molecular complexity index is 422. The maximum absolute atomic E-state index is 11.2. The molecular formula is C11H16Cl2N4O2. The minimum atomic E-state index is -0.505. The normalized spacial score (nSPS) is 20.5. The van der Waals surface area contributed by atoms with E-state index in [0.717, 1.165) is 32.4 Å². The summed E-state index contributed by atoms with van der Waals surface area (Å²) in [4.78, 5) is 12.6. The van der Waals surface area contributed by atoms with Gasteiger partial charge in [0.05, 0.1) is 4.92 Å². The Balaban J connectivity index is 2.29. The fourth-order valence-electron chi connectivity index (χ4n) is 2.21. The molecule has 0 unspecified atom stereocenters. The molecule has 2 aliphatic heterocycles. The molecule has 0 spiro atoms. The fourth-order valence-corrected chi connectivity index (χ4v) is 2.75. The van der Waals surface area contributed by atoms with E-state index < -0.39 is 4.92 Å². The molecule has 0 bridgehead atoms. The van der Waals surface area contributed by atoms with Crippen LogP contribution in [0.2, 0.25) is 0 Å². The monoisotopic (exact) mass is 306 g/mol. The van der Waals surface area contributed by atoms with E-state index in [2.05, 4.69) is 10.6 Å². The molecule has 0 aromatic carbocycles. The number of nitrogens with one attached hydrogen (secondary N) is 2. The molecule has 2 rings (SSSR count). The lowest BCUT2D eigenvalue weighted by atomic mass is 10.1. The van der Waals surface area contributed by atoms with E-state index in [9.17, 15) is 10.1 Å². The van der Waals surface area contributed by atoms with Gasteiger partial charge >= 0.3 is 5.70 Å². The zero-order valence-electron chi connectivity index (χ0n) is 10.4. The molecule has 2 N–H and O–H groups in total. The van der Waals surface area contributed by atoms with Gasteiger partial charge in [-0.15, -0.1) is 0 Å². The lowest BCUT2D eigenvalue weighted by molar-refractivity contribution is -0.421. The highest BCUT2D eigenvalue weighted by atomic mass is 35.5. The molecule has 2 heterocycles. The van der Waals surface area contributed by atoms with Crippen LogP contribution in [0.5, 0.6) is 0 Å². The fraction of sp³-hybridized carbons (Fsp3) is 0.636. The summed E-state index contributed by atoms with van der Waals surface area (Å²) < 4.78 is 0. The largest absolute Gasteiger partial charge is 0.364 e. The van der Waals surface area contributed by atoms with Crippen molar-refractivity contribution in [2.45, 2.75) is 19.3 Å². The van der Waals surface area contributed by atoms with Crippen molar-refractivity contribution in [2.24, 2.45) is 0 Å². The third-order valence-corrected chi connectivity index (χ3v) is 4.05. The second-order valence-electron chi connectivity index (χ2n) is 4.49.